The SMILES string of the molecule is CCCCCCCCCCCCCCC(O)C(O)C(COC1OC(CO)C(O)C(O)C1O)NC(=O)C1(c2ccccc2)CCCC1. The van der Waals surface area contributed by atoms with Crippen LogP contribution >= 0.6 is 0 Å². The molecule has 8 atom stereocenters. The molecule has 1 saturated carbocycles. The van der Waals surface area contributed by atoms with Gasteiger partial charge in [-0.2, -0.15) is 0 Å². The highest BCUT2D eigenvalue weighted by Crippen LogP contribution is 2.41. The standard InChI is InChI=1S/C36H61NO9/c1-2-3-4-5-6-7-8-9-10-11-12-16-21-28(39)30(40)27(25-45-34-33(43)32(42)31(41)29(24-38)46-34)37-35(44)36(22-17-18-23-36)26-19-14-13-15-20-26/h13-15,19-20,27-34,38-43H,2-12,16-18,21-25H2,1H3,(H,37,44). The molecular formula is C36H61NO9. The van der Waals surface area contributed by atoms with Crippen molar-refractivity contribution in [2.75, 3.05) is 13.2 Å². The maximum absolute atomic E-state index is 13.9. The Morgan fingerprint density at radius 1 is 0.870 bits per heavy atom. The van der Waals surface area contributed by atoms with E-state index in [4.69, 9.17) is 9.47 Å². The molecule has 1 saturated heterocycles. The van der Waals surface area contributed by atoms with Gasteiger partial charge in [-0.15, -0.1) is 0 Å². The van der Waals surface area contributed by atoms with Gasteiger partial charge in [-0.25, -0.2) is 0 Å². The number of carbonyl (C=O) groups is 1. The molecule has 0 radical (unpaired) electrons. The second-order valence-corrected chi connectivity index (χ2v) is 13.5. The van der Waals surface area contributed by atoms with Crippen molar-refractivity contribution in [1.29, 1.82) is 0 Å². The highest BCUT2D eigenvalue weighted by atomic mass is 16.7. The number of nitrogens with one attached hydrogen (secondary N) is 1. The largest absolute Gasteiger partial charge is 0.394 e. The number of carbonyl (C=O) groups excluding carboxylic acids is 1. The Balaban J connectivity index is 1.57. The monoisotopic (exact) mass is 651 g/mol. The quantitative estimate of drug-likeness (QED) is 0.0927. The van der Waals surface area contributed by atoms with Crippen LogP contribution in [-0.4, -0.2) is 98.7 Å². The summed E-state index contributed by atoms with van der Waals surface area (Å²) in [5.74, 6) is -0.268. The molecule has 1 aliphatic heterocycles. The van der Waals surface area contributed by atoms with E-state index in [1.165, 1.54) is 51.4 Å². The van der Waals surface area contributed by atoms with Crippen LogP contribution in [0.15, 0.2) is 30.3 Å². The Morgan fingerprint density at radius 3 is 2.00 bits per heavy atom. The predicted octanol–water partition coefficient (Wildman–Crippen LogP) is 3.61. The Labute approximate surface area is 275 Å². The number of hydrogen-bond donors (Lipinski definition) is 7. The van der Waals surface area contributed by atoms with E-state index in [0.717, 1.165) is 44.1 Å². The van der Waals surface area contributed by atoms with E-state index in [9.17, 15) is 35.4 Å². The van der Waals surface area contributed by atoms with Gasteiger partial charge in [-0.1, -0.05) is 127 Å². The van der Waals surface area contributed by atoms with Crippen LogP contribution in [-0.2, 0) is 19.7 Å². The minimum absolute atomic E-state index is 0.268. The molecule has 8 unspecified atom stereocenters. The Kier molecular flexibility index (Phi) is 17.4. The smallest absolute Gasteiger partial charge is 0.231 e. The van der Waals surface area contributed by atoms with Crippen molar-refractivity contribution in [3.05, 3.63) is 35.9 Å². The molecule has 0 aromatic heterocycles. The molecule has 2 fully saturated rings. The number of ether oxygens (including phenoxy) is 2. The van der Waals surface area contributed by atoms with Crippen LogP contribution in [0.2, 0.25) is 0 Å². The minimum atomic E-state index is -1.62. The number of hydrogen-bond acceptors (Lipinski definition) is 9. The lowest BCUT2D eigenvalue weighted by Crippen LogP contribution is -2.60. The lowest BCUT2D eigenvalue weighted by atomic mass is 9.77. The van der Waals surface area contributed by atoms with E-state index < -0.39 is 61.0 Å². The maximum Gasteiger partial charge on any atom is 0.231 e. The minimum Gasteiger partial charge on any atom is -0.394 e. The summed E-state index contributed by atoms with van der Waals surface area (Å²) >= 11 is 0. The fourth-order valence-electron chi connectivity index (χ4n) is 6.95. The van der Waals surface area contributed by atoms with Gasteiger partial charge in [-0.3, -0.25) is 4.79 Å². The van der Waals surface area contributed by atoms with Crippen LogP contribution in [0.5, 0.6) is 0 Å². The topological polar surface area (TPSA) is 169 Å². The van der Waals surface area contributed by atoms with Crippen LogP contribution < -0.4 is 5.32 Å². The normalized spacial score (nSPS) is 26.5. The van der Waals surface area contributed by atoms with E-state index in [0.29, 0.717) is 19.3 Å². The number of amides is 1. The third-order valence-corrected chi connectivity index (χ3v) is 9.98. The van der Waals surface area contributed by atoms with Crippen molar-refractivity contribution in [2.45, 2.75) is 170 Å². The van der Waals surface area contributed by atoms with E-state index in [-0.39, 0.29) is 12.5 Å². The van der Waals surface area contributed by atoms with E-state index in [1.54, 1.807) is 0 Å². The van der Waals surface area contributed by atoms with Gasteiger partial charge >= 0.3 is 0 Å². The molecule has 1 heterocycles. The second-order valence-electron chi connectivity index (χ2n) is 13.5. The zero-order chi connectivity index (χ0) is 33.4. The predicted molar refractivity (Wildman–Crippen MR) is 176 cm³/mol. The summed E-state index contributed by atoms with van der Waals surface area (Å²) in [7, 11) is 0. The van der Waals surface area contributed by atoms with Crippen molar-refractivity contribution in [1.82, 2.24) is 5.32 Å². The molecule has 1 aliphatic carbocycles. The molecule has 10 heteroatoms. The number of benzene rings is 1. The molecule has 0 spiro atoms. The number of aliphatic hydroxyl groups excluding tert-OH is 6. The fourth-order valence-corrected chi connectivity index (χ4v) is 6.95. The van der Waals surface area contributed by atoms with E-state index in [1.807, 2.05) is 30.3 Å². The van der Waals surface area contributed by atoms with Gasteiger partial charge in [-0.05, 0) is 24.8 Å². The van der Waals surface area contributed by atoms with Crippen molar-refractivity contribution < 1.29 is 44.9 Å². The first-order valence-electron chi connectivity index (χ1n) is 17.9. The first-order chi connectivity index (χ1) is 22.2. The zero-order valence-corrected chi connectivity index (χ0v) is 27.8. The lowest BCUT2D eigenvalue weighted by molar-refractivity contribution is -0.303. The highest BCUT2D eigenvalue weighted by Gasteiger charge is 2.46. The first-order valence-corrected chi connectivity index (χ1v) is 17.9. The van der Waals surface area contributed by atoms with Crippen LogP contribution in [0.3, 0.4) is 0 Å². The molecule has 1 aromatic rings. The summed E-state index contributed by atoms with van der Waals surface area (Å²) in [5, 5.41) is 65.6. The zero-order valence-electron chi connectivity index (χ0n) is 27.8. The van der Waals surface area contributed by atoms with Gasteiger partial charge in [0.15, 0.2) is 6.29 Å². The van der Waals surface area contributed by atoms with Crippen molar-refractivity contribution in [3.63, 3.8) is 0 Å². The number of aliphatic hydroxyl groups is 6. The Bertz CT molecular complexity index is 958. The molecule has 7 N–H and O–H groups in total. The lowest BCUT2D eigenvalue weighted by Gasteiger charge is -2.40. The summed E-state index contributed by atoms with van der Waals surface area (Å²) < 4.78 is 11.2. The molecule has 46 heavy (non-hydrogen) atoms. The highest BCUT2D eigenvalue weighted by molar-refractivity contribution is 5.88. The fraction of sp³-hybridized carbons (Fsp3) is 0.806. The first kappa shape index (κ1) is 38.8. The molecule has 1 amide bonds. The Morgan fingerprint density at radius 2 is 1.43 bits per heavy atom. The van der Waals surface area contributed by atoms with Crippen molar-refractivity contribution >= 4 is 5.91 Å². The van der Waals surface area contributed by atoms with Crippen LogP contribution in [0.25, 0.3) is 0 Å². The van der Waals surface area contributed by atoms with Crippen LogP contribution in [0, 0.1) is 0 Å². The second kappa shape index (κ2) is 20.7. The summed E-state index contributed by atoms with van der Waals surface area (Å²) in [4.78, 5) is 13.9. The van der Waals surface area contributed by atoms with Crippen LogP contribution in [0.1, 0.15) is 122 Å². The van der Waals surface area contributed by atoms with Gasteiger partial charge in [0.25, 0.3) is 0 Å². The average molecular weight is 652 g/mol. The molecule has 10 nitrogen and oxygen atoms in total. The summed E-state index contributed by atoms with van der Waals surface area (Å²) in [6, 6.07) is 8.52. The molecule has 2 aliphatic rings. The van der Waals surface area contributed by atoms with Crippen molar-refractivity contribution in [3.8, 4) is 0 Å². The van der Waals surface area contributed by atoms with Gasteiger partial charge < -0.3 is 45.4 Å². The number of unbranched alkanes of at least 4 members (excludes halogenated alkanes) is 11. The third-order valence-electron chi connectivity index (χ3n) is 9.98. The molecule has 1 aromatic carbocycles. The van der Waals surface area contributed by atoms with Gasteiger partial charge in [0, 0.05) is 0 Å². The van der Waals surface area contributed by atoms with Gasteiger partial charge in [0.1, 0.15) is 30.5 Å². The Hall–Kier alpha value is -1.63. The average Bonchev–Trinajstić information content (AvgIpc) is 3.58. The molecular weight excluding hydrogens is 590 g/mol. The molecule has 0 bridgehead atoms. The van der Waals surface area contributed by atoms with Gasteiger partial charge in [0.2, 0.25) is 5.91 Å². The molecule has 3 rings (SSSR count). The molecule has 264 valence electrons. The van der Waals surface area contributed by atoms with Gasteiger partial charge in [0.05, 0.1) is 30.8 Å². The number of rotatable bonds is 22. The van der Waals surface area contributed by atoms with Crippen molar-refractivity contribution in [2.24, 2.45) is 0 Å². The van der Waals surface area contributed by atoms with Crippen LogP contribution in [0.4, 0.5) is 0 Å². The maximum atomic E-state index is 13.9. The summed E-state index contributed by atoms with van der Waals surface area (Å²) in [6.45, 7) is 1.29. The van der Waals surface area contributed by atoms with E-state index >= 15 is 0 Å². The third kappa shape index (κ3) is 11.2. The summed E-state index contributed by atoms with van der Waals surface area (Å²) in [5.41, 5.74) is 0.119. The van der Waals surface area contributed by atoms with E-state index in [2.05, 4.69) is 12.2 Å². The summed E-state index contributed by atoms with van der Waals surface area (Å²) in [6.07, 6.45) is 7.82.